The van der Waals surface area contributed by atoms with E-state index in [-0.39, 0.29) is 24.0 Å². The zero-order valence-corrected chi connectivity index (χ0v) is 17.2. The molecule has 8 nitrogen and oxygen atoms in total. The summed E-state index contributed by atoms with van der Waals surface area (Å²) in [6, 6.07) is -2.57. The third kappa shape index (κ3) is 10.1. The fourth-order valence-corrected chi connectivity index (χ4v) is 2.67. The molecule has 0 spiro atoms. The van der Waals surface area contributed by atoms with Gasteiger partial charge < -0.3 is 21.5 Å². The van der Waals surface area contributed by atoms with Crippen LogP contribution in [0, 0.1) is 17.8 Å². The fourth-order valence-electron chi connectivity index (χ4n) is 2.67. The summed E-state index contributed by atoms with van der Waals surface area (Å²) < 4.78 is 0. The van der Waals surface area contributed by atoms with Crippen LogP contribution in [-0.4, -0.2) is 46.8 Å². The number of amides is 2. The first-order valence-electron chi connectivity index (χ1n) is 9.46. The van der Waals surface area contributed by atoms with Gasteiger partial charge in [0.25, 0.3) is 0 Å². The summed E-state index contributed by atoms with van der Waals surface area (Å²) in [5, 5.41) is 14.3. The number of carboxylic acids is 1. The molecule has 5 N–H and O–H groups in total. The van der Waals surface area contributed by atoms with Crippen molar-refractivity contribution in [3.63, 3.8) is 0 Å². The van der Waals surface area contributed by atoms with Crippen molar-refractivity contribution in [2.45, 2.75) is 78.9 Å². The van der Waals surface area contributed by atoms with Crippen LogP contribution >= 0.6 is 0 Å². The molecule has 0 fully saturated rings. The standard InChI is InChI=1S/C19H35N3O5/c1-10(2)7-14(9-16(23)12(5)20)18(25)21-13(6)17(24)22-15(19(26)27)8-11(3)4/h10-15H,7-9,20H2,1-6H3,(H,21,25)(H,22,24)(H,26,27)/t12-,13-,14+,15-/m0/s1. The number of carbonyl (C=O) groups excluding carboxylic acids is 3. The van der Waals surface area contributed by atoms with Gasteiger partial charge >= 0.3 is 5.97 Å². The molecule has 0 saturated heterocycles. The second-order valence-corrected chi connectivity index (χ2v) is 8.04. The van der Waals surface area contributed by atoms with Crippen molar-refractivity contribution >= 4 is 23.6 Å². The first kappa shape index (κ1) is 25.0. The maximum absolute atomic E-state index is 12.5. The Balaban J connectivity index is 4.95. The molecule has 0 aliphatic heterocycles. The Bertz CT molecular complexity index is 531. The van der Waals surface area contributed by atoms with Crippen molar-refractivity contribution in [2.75, 3.05) is 0 Å². The fraction of sp³-hybridized carbons (Fsp3) is 0.789. The van der Waals surface area contributed by atoms with Gasteiger partial charge in [-0.3, -0.25) is 14.4 Å². The molecule has 0 aromatic rings. The minimum absolute atomic E-state index is 0.0150. The minimum Gasteiger partial charge on any atom is -0.480 e. The van der Waals surface area contributed by atoms with E-state index >= 15 is 0 Å². The summed E-state index contributed by atoms with van der Waals surface area (Å²) in [5.74, 6) is -2.60. The highest BCUT2D eigenvalue weighted by molar-refractivity contribution is 5.93. The highest BCUT2D eigenvalue weighted by atomic mass is 16.4. The van der Waals surface area contributed by atoms with Gasteiger partial charge in [0.2, 0.25) is 11.8 Å². The van der Waals surface area contributed by atoms with Gasteiger partial charge in [0.1, 0.15) is 17.9 Å². The zero-order valence-electron chi connectivity index (χ0n) is 17.2. The van der Waals surface area contributed by atoms with Crippen molar-refractivity contribution in [1.82, 2.24) is 10.6 Å². The Morgan fingerprint density at radius 1 is 0.852 bits per heavy atom. The van der Waals surface area contributed by atoms with Gasteiger partial charge in [-0.15, -0.1) is 0 Å². The van der Waals surface area contributed by atoms with Crippen LogP contribution in [0.5, 0.6) is 0 Å². The highest BCUT2D eigenvalue weighted by Gasteiger charge is 2.28. The third-order valence-corrected chi connectivity index (χ3v) is 4.16. The number of nitrogens with one attached hydrogen (secondary N) is 2. The van der Waals surface area contributed by atoms with Crippen molar-refractivity contribution in [3.8, 4) is 0 Å². The quantitative estimate of drug-likeness (QED) is 0.396. The van der Waals surface area contributed by atoms with Crippen LogP contribution in [0.25, 0.3) is 0 Å². The highest BCUT2D eigenvalue weighted by Crippen LogP contribution is 2.17. The number of aliphatic carboxylic acids is 1. The lowest BCUT2D eigenvalue weighted by Crippen LogP contribution is -2.52. The predicted octanol–water partition coefficient (Wildman–Crippen LogP) is 1.08. The molecule has 156 valence electrons. The number of carboxylic acid groups (broad SMARTS) is 1. The van der Waals surface area contributed by atoms with Crippen molar-refractivity contribution in [1.29, 1.82) is 0 Å². The van der Waals surface area contributed by atoms with Crippen molar-refractivity contribution in [3.05, 3.63) is 0 Å². The maximum atomic E-state index is 12.5. The third-order valence-electron chi connectivity index (χ3n) is 4.16. The Morgan fingerprint density at radius 3 is 1.78 bits per heavy atom. The number of nitrogens with two attached hydrogens (primary N) is 1. The van der Waals surface area contributed by atoms with Gasteiger partial charge in [0, 0.05) is 12.3 Å². The summed E-state index contributed by atoms with van der Waals surface area (Å²) in [7, 11) is 0. The van der Waals surface area contributed by atoms with Gasteiger partial charge in [-0.05, 0) is 38.5 Å². The van der Waals surface area contributed by atoms with E-state index in [9.17, 15) is 24.3 Å². The molecule has 0 saturated carbocycles. The average Bonchev–Trinajstić information content (AvgIpc) is 2.51. The SMILES string of the molecule is CC(C)C[C@H](CC(=O)[C@H](C)N)C(=O)N[C@@H](C)C(=O)N[C@@H](CC(C)C)C(=O)O. The molecular weight excluding hydrogens is 350 g/mol. The summed E-state index contributed by atoms with van der Waals surface area (Å²) in [5.41, 5.74) is 5.59. The van der Waals surface area contributed by atoms with Gasteiger partial charge in [0.15, 0.2) is 0 Å². The molecule has 0 radical (unpaired) electrons. The van der Waals surface area contributed by atoms with E-state index in [1.165, 1.54) is 6.92 Å². The van der Waals surface area contributed by atoms with Crippen LogP contribution in [0.15, 0.2) is 0 Å². The molecule has 2 amide bonds. The van der Waals surface area contributed by atoms with Crippen LogP contribution < -0.4 is 16.4 Å². The number of rotatable bonds is 12. The largest absolute Gasteiger partial charge is 0.480 e. The lowest BCUT2D eigenvalue weighted by atomic mass is 9.90. The van der Waals surface area contributed by atoms with Crippen molar-refractivity contribution < 1.29 is 24.3 Å². The van der Waals surface area contributed by atoms with E-state index in [4.69, 9.17) is 5.73 Å². The molecule has 0 bridgehead atoms. The van der Waals surface area contributed by atoms with Crippen molar-refractivity contribution in [2.24, 2.45) is 23.5 Å². The summed E-state index contributed by atoms with van der Waals surface area (Å²) >= 11 is 0. The molecule has 4 atom stereocenters. The van der Waals surface area contributed by atoms with E-state index in [1.54, 1.807) is 6.92 Å². The zero-order chi connectivity index (χ0) is 21.3. The van der Waals surface area contributed by atoms with Crippen LogP contribution in [-0.2, 0) is 19.2 Å². The Kier molecular flexibility index (Phi) is 10.8. The molecule has 0 aromatic carbocycles. The monoisotopic (exact) mass is 385 g/mol. The van der Waals surface area contributed by atoms with Crippen LogP contribution in [0.3, 0.4) is 0 Å². The smallest absolute Gasteiger partial charge is 0.326 e. The topological polar surface area (TPSA) is 139 Å². The molecule has 0 aliphatic rings. The van der Waals surface area contributed by atoms with E-state index in [1.807, 2.05) is 27.7 Å². The Morgan fingerprint density at radius 2 is 1.37 bits per heavy atom. The Labute approximate surface area is 161 Å². The number of hydrogen-bond donors (Lipinski definition) is 4. The molecule has 0 aromatic heterocycles. The number of carbonyl (C=O) groups is 4. The maximum Gasteiger partial charge on any atom is 0.326 e. The van der Waals surface area contributed by atoms with Crippen LogP contribution in [0.4, 0.5) is 0 Å². The summed E-state index contributed by atoms with van der Waals surface area (Å²) in [6.45, 7) is 10.7. The van der Waals surface area contributed by atoms with Crippen LogP contribution in [0.1, 0.15) is 60.8 Å². The lowest BCUT2D eigenvalue weighted by molar-refractivity contribution is -0.142. The normalized spacial score (nSPS) is 15.7. The molecule has 0 aliphatic carbocycles. The minimum atomic E-state index is -1.12. The van der Waals surface area contributed by atoms with E-state index < -0.39 is 41.8 Å². The Hall–Kier alpha value is -1.96. The predicted molar refractivity (Wildman–Crippen MR) is 103 cm³/mol. The number of hydrogen-bond acceptors (Lipinski definition) is 5. The molecule has 0 heterocycles. The van der Waals surface area contributed by atoms with Crippen LogP contribution in [0.2, 0.25) is 0 Å². The second-order valence-electron chi connectivity index (χ2n) is 8.04. The van der Waals surface area contributed by atoms with E-state index in [2.05, 4.69) is 10.6 Å². The molecular formula is C19H35N3O5. The summed E-state index contributed by atoms with van der Waals surface area (Å²) in [4.78, 5) is 48.0. The van der Waals surface area contributed by atoms with E-state index in [0.717, 1.165) is 0 Å². The molecule has 0 rings (SSSR count). The second kappa shape index (κ2) is 11.7. The van der Waals surface area contributed by atoms with E-state index in [0.29, 0.717) is 12.8 Å². The number of ketones is 1. The van der Waals surface area contributed by atoms with Gasteiger partial charge in [-0.1, -0.05) is 27.7 Å². The average molecular weight is 386 g/mol. The van der Waals surface area contributed by atoms with Gasteiger partial charge in [-0.25, -0.2) is 4.79 Å². The molecule has 0 unspecified atom stereocenters. The first-order chi connectivity index (χ1) is 12.3. The molecule has 27 heavy (non-hydrogen) atoms. The number of Topliss-reactive ketones (excluding diaryl/α,β-unsaturated/α-hetero) is 1. The first-order valence-corrected chi connectivity index (χ1v) is 9.46. The molecule has 8 heteroatoms. The van der Waals surface area contributed by atoms with Gasteiger partial charge in [-0.2, -0.15) is 0 Å². The van der Waals surface area contributed by atoms with Gasteiger partial charge in [0.05, 0.1) is 6.04 Å². The lowest BCUT2D eigenvalue weighted by Gasteiger charge is -2.23. The summed E-state index contributed by atoms with van der Waals surface area (Å²) in [6.07, 6.45) is 0.797.